The highest BCUT2D eigenvalue weighted by molar-refractivity contribution is 5.59. The van der Waals surface area contributed by atoms with Gasteiger partial charge in [-0.2, -0.15) is 0 Å². The Balaban J connectivity index is 2.33. The average Bonchev–Trinajstić information content (AvgIpc) is 2.68. The van der Waals surface area contributed by atoms with Crippen molar-refractivity contribution < 1.29 is 5.11 Å². The molecule has 2 aromatic rings. The topological polar surface area (TPSA) is 38.0 Å². The molecule has 0 atom stereocenters. The zero-order valence-electron chi connectivity index (χ0n) is 8.88. The fourth-order valence-electron chi connectivity index (χ4n) is 1.40. The molecule has 0 fully saturated rings. The second kappa shape index (κ2) is 3.77. The molecule has 0 aliphatic rings. The number of rotatable bonds is 2. The Morgan fingerprint density at radius 2 is 1.87 bits per heavy atom. The number of nitrogens with zero attached hydrogens (tertiary/aromatic N) is 2. The smallest absolute Gasteiger partial charge is 0.115 e. The number of benzene rings is 1. The van der Waals surface area contributed by atoms with Crippen molar-refractivity contribution in [3.05, 3.63) is 36.8 Å². The number of hydrogen-bond acceptors (Lipinski definition) is 2. The van der Waals surface area contributed by atoms with Crippen molar-refractivity contribution >= 4 is 0 Å². The third-order valence-electron chi connectivity index (χ3n) is 2.36. The van der Waals surface area contributed by atoms with Gasteiger partial charge in [0.15, 0.2) is 0 Å². The number of imidazole rings is 1. The minimum absolute atomic E-state index is 0.280. The van der Waals surface area contributed by atoms with Crippen LogP contribution in [-0.4, -0.2) is 14.7 Å². The highest BCUT2D eigenvalue weighted by Crippen LogP contribution is 2.20. The van der Waals surface area contributed by atoms with Crippen LogP contribution in [0.3, 0.4) is 0 Å². The second-order valence-corrected chi connectivity index (χ2v) is 3.85. The highest BCUT2D eigenvalue weighted by Gasteiger charge is 2.03. The van der Waals surface area contributed by atoms with Gasteiger partial charge in [-0.1, -0.05) is 0 Å². The van der Waals surface area contributed by atoms with Gasteiger partial charge in [0.05, 0.1) is 12.0 Å². The molecule has 1 aromatic heterocycles. The van der Waals surface area contributed by atoms with Gasteiger partial charge in [-0.15, -0.1) is 0 Å². The first-order valence-corrected chi connectivity index (χ1v) is 4.99. The molecule has 78 valence electrons. The van der Waals surface area contributed by atoms with Crippen molar-refractivity contribution in [2.24, 2.45) is 0 Å². The predicted molar refractivity (Wildman–Crippen MR) is 59.7 cm³/mol. The van der Waals surface area contributed by atoms with E-state index < -0.39 is 0 Å². The molecule has 3 heteroatoms. The number of phenols is 1. The standard InChI is InChI=1S/C12H14N2O/c1-9(2)14-7-12(13-8-14)10-3-5-11(15)6-4-10/h3-9,15H,1-2H3. The molecular formula is C12H14N2O. The number of hydrogen-bond donors (Lipinski definition) is 1. The molecule has 0 bridgehead atoms. The van der Waals surface area contributed by atoms with Crippen LogP contribution in [-0.2, 0) is 0 Å². The summed E-state index contributed by atoms with van der Waals surface area (Å²) in [6.45, 7) is 4.23. The summed E-state index contributed by atoms with van der Waals surface area (Å²) in [4.78, 5) is 4.32. The van der Waals surface area contributed by atoms with Crippen molar-refractivity contribution in [3.8, 4) is 17.0 Å². The molecule has 0 radical (unpaired) electrons. The van der Waals surface area contributed by atoms with Gasteiger partial charge in [-0.25, -0.2) is 4.98 Å². The van der Waals surface area contributed by atoms with Crippen LogP contribution < -0.4 is 0 Å². The zero-order chi connectivity index (χ0) is 10.8. The molecule has 0 saturated carbocycles. The molecule has 1 N–H and O–H groups in total. The van der Waals surface area contributed by atoms with Crippen LogP contribution in [0.2, 0.25) is 0 Å². The number of aromatic hydroxyl groups is 1. The van der Waals surface area contributed by atoms with Gasteiger partial charge in [0, 0.05) is 17.8 Å². The minimum Gasteiger partial charge on any atom is -0.508 e. The summed E-state index contributed by atoms with van der Waals surface area (Å²) < 4.78 is 2.06. The first-order chi connectivity index (χ1) is 7.16. The fourth-order valence-corrected chi connectivity index (χ4v) is 1.40. The Kier molecular flexibility index (Phi) is 2.46. The maximum atomic E-state index is 9.17. The van der Waals surface area contributed by atoms with Gasteiger partial charge in [-0.3, -0.25) is 0 Å². The van der Waals surface area contributed by atoms with E-state index in [0.717, 1.165) is 11.3 Å². The van der Waals surface area contributed by atoms with Crippen molar-refractivity contribution in [2.45, 2.75) is 19.9 Å². The lowest BCUT2D eigenvalue weighted by Crippen LogP contribution is -1.95. The van der Waals surface area contributed by atoms with Crippen LogP contribution in [0.1, 0.15) is 19.9 Å². The van der Waals surface area contributed by atoms with Crippen molar-refractivity contribution in [2.75, 3.05) is 0 Å². The van der Waals surface area contributed by atoms with Gasteiger partial charge >= 0.3 is 0 Å². The van der Waals surface area contributed by atoms with E-state index in [1.165, 1.54) is 0 Å². The van der Waals surface area contributed by atoms with E-state index in [1.54, 1.807) is 12.1 Å². The molecule has 0 saturated heterocycles. The van der Waals surface area contributed by atoms with E-state index >= 15 is 0 Å². The molecule has 0 spiro atoms. The molecular weight excluding hydrogens is 188 g/mol. The lowest BCUT2D eigenvalue weighted by molar-refractivity contribution is 0.475. The maximum Gasteiger partial charge on any atom is 0.115 e. The molecule has 2 rings (SSSR count). The lowest BCUT2D eigenvalue weighted by Gasteiger charge is -2.03. The summed E-state index contributed by atoms with van der Waals surface area (Å²) in [5.41, 5.74) is 1.95. The van der Waals surface area contributed by atoms with Crippen molar-refractivity contribution in [3.63, 3.8) is 0 Å². The summed E-state index contributed by atoms with van der Waals surface area (Å²) in [5.74, 6) is 0.280. The number of aromatic nitrogens is 2. The zero-order valence-corrected chi connectivity index (χ0v) is 8.88. The molecule has 1 aromatic carbocycles. The summed E-state index contributed by atoms with van der Waals surface area (Å²) >= 11 is 0. The largest absolute Gasteiger partial charge is 0.508 e. The summed E-state index contributed by atoms with van der Waals surface area (Å²) in [5, 5.41) is 9.17. The van der Waals surface area contributed by atoms with Gasteiger partial charge in [-0.05, 0) is 38.1 Å². The normalized spacial score (nSPS) is 10.9. The van der Waals surface area contributed by atoms with Crippen LogP contribution in [0.25, 0.3) is 11.3 Å². The molecule has 3 nitrogen and oxygen atoms in total. The van der Waals surface area contributed by atoms with E-state index in [1.807, 2.05) is 24.7 Å². The van der Waals surface area contributed by atoms with E-state index in [-0.39, 0.29) is 5.75 Å². The van der Waals surface area contributed by atoms with Crippen LogP contribution in [0.4, 0.5) is 0 Å². The fraction of sp³-hybridized carbons (Fsp3) is 0.250. The molecule has 0 aliphatic heterocycles. The van der Waals surface area contributed by atoms with Crippen LogP contribution >= 0.6 is 0 Å². The SMILES string of the molecule is CC(C)n1cnc(-c2ccc(O)cc2)c1. The Hall–Kier alpha value is -1.77. The Labute approximate surface area is 89.0 Å². The highest BCUT2D eigenvalue weighted by atomic mass is 16.3. The summed E-state index contributed by atoms with van der Waals surface area (Å²) in [6, 6.07) is 7.49. The lowest BCUT2D eigenvalue weighted by atomic mass is 10.2. The summed E-state index contributed by atoms with van der Waals surface area (Å²) in [6.07, 6.45) is 3.84. The van der Waals surface area contributed by atoms with Crippen LogP contribution in [0.15, 0.2) is 36.8 Å². The van der Waals surface area contributed by atoms with Gasteiger partial charge in [0.25, 0.3) is 0 Å². The third kappa shape index (κ3) is 2.01. The second-order valence-electron chi connectivity index (χ2n) is 3.85. The molecule has 15 heavy (non-hydrogen) atoms. The Morgan fingerprint density at radius 3 is 2.40 bits per heavy atom. The number of phenolic OH excluding ortho intramolecular Hbond substituents is 1. The van der Waals surface area contributed by atoms with E-state index in [0.29, 0.717) is 6.04 Å². The van der Waals surface area contributed by atoms with E-state index in [2.05, 4.69) is 23.4 Å². The van der Waals surface area contributed by atoms with Crippen LogP contribution in [0, 0.1) is 0 Å². The molecule has 0 amide bonds. The molecule has 0 aliphatic carbocycles. The molecule has 1 heterocycles. The van der Waals surface area contributed by atoms with Crippen molar-refractivity contribution in [1.29, 1.82) is 0 Å². The Morgan fingerprint density at radius 1 is 1.20 bits per heavy atom. The Bertz CT molecular complexity index is 443. The third-order valence-corrected chi connectivity index (χ3v) is 2.36. The maximum absolute atomic E-state index is 9.17. The first kappa shape index (κ1) is 9.77. The van der Waals surface area contributed by atoms with E-state index in [9.17, 15) is 5.11 Å². The quantitative estimate of drug-likeness (QED) is 0.813. The van der Waals surface area contributed by atoms with Gasteiger partial charge in [0.1, 0.15) is 5.75 Å². The minimum atomic E-state index is 0.280. The van der Waals surface area contributed by atoms with E-state index in [4.69, 9.17) is 0 Å². The van der Waals surface area contributed by atoms with Crippen LogP contribution in [0.5, 0.6) is 5.75 Å². The van der Waals surface area contributed by atoms with Gasteiger partial charge < -0.3 is 9.67 Å². The summed E-state index contributed by atoms with van der Waals surface area (Å²) in [7, 11) is 0. The average molecular weight is 202 g/mol. The monoisotopic (exact) mass is 202 g/mol. The predicted octanol–water partition coefficient (Wildman–Crippen LogP) is 2.84. The van der Waals surface area contributed by atoms with Crippen molar-refractivity contribution in [1.82, 2.24) is 9.55 Å². The first-order valence-electron chi connectivity index (χ1n) is 4.99. The van der Waals surface area contributed by atoms with Gasteiger partial charge in [0.2, 0.25) is 0 Å². The molecule has 0 unspecified atom stereocenters.